The molecule has 4 rings (SSSR count). The van der Waals surface area contributed by atoms with Crippen LogP contribution in [0.5, 0.6) is 11.6 Å². The second-order valence-electron chi connectivity index (χ2n) is 8.80. The van der Waals surface area contributed by atoms with Crippen LogP contribution in [0, 0.1) is 23.6 Å². The number of nitrogens with zero attached hydrogens (tertiary/aromatic N) is 1. The molecule has 162 valence electrons. The molecule has 30 heavy (non-hydrogen) atoms. The quantitative estimate of drug-likeness (QED) is 0.600. The largest absolute Gasteiger partial charge is 0.493 e. The average molecular weight is 416 g/mol. The van der Waals surface area contributed by atoms with Gasteiger partial charge < -0.3 is 19.7 Å². The zero-order valence-electron chi connectivity index (χ0n) is 17.5. The number of pyridine rings is 1. The van der Waals surface area contributed by atoms with E-state index in [1.165, 1.54) is 13.3 Å². The van der Waals surface area contributed by atoms with Crippen molar-refractivity contribution in [3.8, 4) is 11.6 Å². The summed E-state index contributed by atoms with van der Waals surface area (Å²) in [6.45, 7) is 2.49. The van der Waals surface area contributed by atoms with Gasteiger partial charge in [-0.1, -0.05) is 19.1 Å². The van der Waals surface area contributed by atoms with Crippen LogP contribution in [0.1, 0.15) is 55.6 Å². The van der Waals surface area contributed by atoms with Gasteiger partial charge in [-0.25, -0.2) is 9.37 Å². The molecular formula is C24H30FNO4. The number of methoxy groups -OCH3 is 1. The Balaban J connectivity index is 1.34. The number of aromatic nitrogens is 1. The maximum atomic E-state index is 14.1. The first-order valence-corrected chi connectivity index (χ1v) is 10.7. The fourth-order valence-corrected chi connectivity index (χ4v) is 4.66. The number of rotatable bonds is 9. The van der Waals surface area contributed by atoms with E-state index in [0.29, 0.717) is 29.9 Å². The third kappa shape index (κ3) is 4.60. The third-order valence-electron chi connectivity index (χ3n) is 6.64. The van der Waals surface area contributed by atoms with E-state index in [1.54, 1.807) is 6.07 Å². The second kappa shape index (κ2) is 8.90. The molecule has 2 fully saturated rings. The smallest absolute Gasteiger partial charge is 0.213 e. The molecule has 5 nitrogen and oxygen atoms in total. The maximum Gasteiger partial charge on any atom is 0.213 e. The molecule has 0 aliphatic heterocycles. The summed E-state index contributed by atoms with van der Waals surface area (Å²) in [5.41, 5.74) is 1.77. The summed E-state index contributed by atoms with van der Waals surface area (Å²) in [7, 11) is 1.53. The van der Waals surface area contributed by atoms with Crippen molar-refractivity contribution in [2.75, 3.05) is 13.7 Å². The van der Waals surface area contributed by atoms with E-state index in [-0.39, 0.29) is 23.6 Å². The molecule has 2 saturated carbocycles. The highest BCUT2D eigenvalue weighted by Crippen LogP contribution is 2.48. The first kappa shape index (κ1) is 21.1. The van der Waals surface area contributed by atoms with Gasteiger partial charge in [0.1, 0.15) is 11.6 Å². The fraction of sp³-hybridized carbons (Fsp3) is 0.542. The lowest BCUT2D eigenvalue weighted by molar-refractivity contribution is -0.0874. The van der Waals surface area contributed by atoms with E-state index >= 15 is 0 Å². The Hall–Kier alpha value is -2.18. The van der Waals surface area contributed by atoms with Crippen LogP contribution in [0.25, 0.3) is 0 Å². The van der Waals surface area contributed by atoms with E-state index in [1.807, 2.05) is 31.2 Å². The van der Waals surface area contributed by atoms with Gasteiger partial charge in [-0.15, -0.1) is 0 Å². The molecule has 1 heterocycles. The number of aliphatic hydroxyl groups excluding tert-OH is 1. The Morgan fingerprint density at radius 2 is 1.97 bits per heavy atom. The van der Waals surface area contributed by atoms with E-state index < -0.39 is 6.29 Å². The number of ether oxygens (including phenoxy) is 2. The van der Waals surface area contributed by atoms with Crippen LogP contribution >= 0.6 is 0 Å². The molecule has 0 radical (unpaired) electrons. The Kier molecular flexibility index (Phi) is 6.25. The SMILES string of the molecule is COc1cc(C2CC(COc3cccc(C(C4CC4)[C@H](C)C(O)O)c3)C2)c(F)cn1. The van der Waals surface area contributed by atoms with Gasteiger partial charge >= 0.3 is 0 Å². The zero-order chi connectivity index (χ0) is 21.3. The normalized spacial score (nSPS) is 23.0. The lowest BCUT2D eigenvalue weighted by Gasteiger charge is -2.35. The maximum absolute atomic E-state index is 14.1. The molecule has 1 aromatic heterocycles. The monoisotopic (exact) mass is 415 g/mol. The van der Waals surface area contributed by atoms with Crippen LogP contribution in [0.15, 0.2) is 36.5 Å². The Bertz CT molecular complexity index is 864. The van der Waals surface area contributed by atoms with Crippen LogP contribution in [0.4, 0.5) is 4.39 Å². The van der Waals surface area contributed by atoms with Crippen molar-refractivity contribution in [1.82, 2.24) is 4.98 Å². The zero-order valence-corrected chi connectivity index (χ0v) is 17.5. The van der Waals surface area contributed by atoms with Gasteiger partial charge in [-0.2, -0.15) is 0 Å². The van der Waals surface area contributed by atoms with Gasteiger partial charge in [0.05, 0.1) is 19.9 Å². The van der Waals surface area contributed by atoms with E-state index in [2.05, 4.69) is 4.98 Å². The molecule has 2 atom stereocenters. The number of aliphatic hydroxyl groups is 2. The second-order valence-corrected chi connectivity index (χ2v) is 8.80. The molecule has 0 spiro atoms. The molecule has 1 unspecified atom stereocenters. The molecule has 1 aromatic carbocycles. The topological polar surface area (TPSA) is 71.8 Å². The van der Waals surface area contributed by atoms with Gasteiger partial charge in [-0.3, -0.25) is 0 Å². The summed E-state index contributed by atoms with van der Waals surface area (Å²) in [5, 5.41) is 19.3. The highest BCUT2D eigenvalue weighted by atomic mass is 19.1. The van der Waals surface area contributed by atoms with Crippen molar-refractivity contribution >= 4 is 0 Å². The summed E-state index contributed by atoms with van der Waals surface area (Å²) < 4.78 is 25.2. The summed E-state index contributed by atoms with van der Waals surface area (Å²) in [6, 6.07) is 9.68. The Labute approximate surface area is 176 Å². The number of halogens is 1. The van der Waals surface area contributed by atoms with Crippen molar-refractivity contribution < 1.29 is 24.1 Å². The van der Waals surface area contributed by atoms with Crippen LogP contribution in [0.3, 0.4) is 0 Å². The van der Waals surface area contributed by atoms with Crippen molar-refractivity contribution in [2.45, 2.75) is 50.7 Å². The minimum atomic E-state index is -1.32. The highest BCUT2D eigenvalue weighted by Gasteiger charge is 2.38. The van der Waals surface area contributed by atoms with E-state index in [0.717, 1.165) is 37.0 Å². The predicted molar refractivity (Wildman–Crippen MR) is 111 cm³/mol. The van der Waals surface area contributed by atoms with Crippen molar-refractivity contribution in [1.29, 1.82) is 0 Å². The van der Waals surface area contributed by atoms with Gasteiger partial charge in [0, 0.05) is 12.0 Å². The van der Waals surface area contributed by atoms with Crippen molar-refractivity contribution in [2.24, 2.45) is 17.8 Å². The molecule has 6 heteroatoms. The first-order chi connectivity index (χ1) is 14.5. The molecule has 0 saturated heterocycles. The van der Waals surface area contributed by atoms with Gasteiger partial charge in [0.25, 0.3) is 0 Å². The van der Waals surface area contributed by atoms with E-state index in [9.17, 15) is 14.6 Å². The molecule has 2 N–H and O–H groups in total. The Morgan fingerprint density at radius 3 is 2.63 bits per heavy atom. The molecule has 2 aromatic rings. The molecular weight excluding hydrogens is 385 g/mol. The van der Waals surface area contributed by atoms with Crippen LogP contribution in [-0.2, 0) is 0 Å². The molecule has 2 aliphatic carbocycles. The minimum Gasteiger partial charge on any atom is -0.493 e. The van der Waals surface area contributed by atoms with Crippen LogP contribution in [0.2, 0.25) is 0 Å². The van der Waals surface area contributed by atoms with Gasteiger partial charge in [-0.05, 0) is 72.6 Å². The average Bonchev–Trinajstić information content (AvgIpc) is 3.53. The standard InChI is InChI=1S/C24H30FNO4/c1-14(24(27)28)23(16-6-7-16)17-4-3-5-19(10-17)30-13-15-8-18(9-15)20-11-22(29-2)26-12-21(20)25/h3-5,10-12,14-16,18,23-24,27-28H,6-9,13H2,1-2H3/t14-,15?,18?,23?/m0/s1. The lowest BCUT2D eigenvalue weighted by Crippen LogP contribution is -2.28. The van der Waals surface area contributed by atoms with E-state index in [4.69, 9.17) is 9.47 Å². The van der Waals surface area contributed by atoms with Crippen LogP contribution < -0.4 is 9.47 Å². The predicted octanol–water partition coefficient (Wildman–Crippen LogP) is 4.24. The number of hydrogen-bond donors (Lipinski definition) is 2. The third-order valence-corrected chi connectivity index (χ3v) is 6.64. The molecule has 0 amide bonds. The van der Waals surface area contributed by atoms with Gasteiger partial charge in [0.2, 0.25) is 5.88 Å². The lowest BCUT2D eigenvalue weighted by atomic mass is 9.72. The van der Waals surface area contributed by atoms with Crippen molar-refractivity contribution in [3.05, 3.63) is 53.5 Å². The van der Waals surface area contributed by atoms with Gasteiger partial charge in [0.15, 0.2) is 6.29 Å². The fourth-order valence-electron chi connectivity index (χ4n) is 4.66. The summed E-state index contributed by atoms with van der Waals surface area (Å²) in [5.74, 6) is 1.95. The molecule has 0 bridgehead atoms. The van der Waals surface area contributed by atoms with Crippen LogP contribution in [-0.4, -0.2) is 35.2 Å². The minimum absolute atomic E-state index is 0.131. The molecule has 2 aliphatic rings. The summed E-state index contributed by atoms with van der Waals surface area (Å²) in [4.78, 5) is 3.90. The first-order valence-electron chi connectivity index (χ1n) is 10.7. The Morgan fingerprint density at radius 1 is 1.20 bits per heavy atom. The number of hydrogen-bond acceptors (Lipinski definition) is 5. The highest BCUT2D eigenvalue weighted by molar-refractivity contribution is 5.33. The number of benzene rings is 1. The summed E-state index contributed by atoms with van der Waals surface area (Å²) in [6.07, 6.45) is 3.92. The van der Waals surface area contributed by atoms with Crippen molar-refractivity contribution in [3.63, 3.8) is 0 Å². The summed E-state index contributed by atoms with van der Waals surface area (Å²) >= 11 is 0.